The average Bonchev–Trinajstić information content (AvgIpc) is 3.33. The summed E-state index contributed by atoms with van der Waals surface area (Å²) in [7, 11) is 0. The van der Waals surface area contributed by atoms with E-state index in [1.807, 2.05) is 25.1 Å². The van der Waals surface area contributed by atoms with Crippen LogP contribution in [0.15, 0.2) is 56.3 Å². The highest BCUT2D eigenvalue weighted by molar-refractivity contribution is 5.42. The smallest absolute Gasteiger partial charge is 0.283 e. The Kier molecular flexibility index (Phi) is 5.03. The van der Waals surface area contributed by atoms with Gasteiger partial charge in [-0.1, -0.05) is 13.0 Å². The number of hydrogen-bond acceptors (Lipinski definition) is 6. The van der Waals surface area contributed by atoms with Crippen LogP contribution in [-0.2, 0) is 13.1 Å². The maximum absolute atomic E-state index is 12.5. The third-order valence-electron chi connectivity index (χ3n) is 4.57. The summed E-state index contributed by atoms with van der Waals surface area (Å²) >= 11 is 0. The van der Waals surface area contributed by atoms with Crippen LogP contribution in [0.3, 0.4) is 0 Å². The Bertz CT molecular complexity index is 1130. The van der Waals surface area contributed by atoms with E-state index in [-0.39, 0.29) is 5.56 Å². The van der Waals surface area contributed by atoms with Crippen molar-refractivity contribution >= 4 is 5.65 Å². The molecule has 8 heteroatoms. The second kappa shape index (κ2) is 7.77. The Morgan fingerprint density at radius 2 is 2.04 bits per heavy atom. The van der Waals surface area contributed by atoms with Crippen LogP contribution < -0.4 is 10.5 Å². The summed E-state index contributed by atoms with van der Waals surface area (Å²) in [5, 5.41) is 8.18. The lowest BCUT2D eigenvalue weighted by molar-refractivity contribution is -0.929. The molecule has 1 atom stereocenters. The summed E-state index contributed by atoms with van der Waals surface area (Å²) in [5.41, 5.74) is 2.23. The molecule has 0 saturated carbocycles. The minimum atomic E-state index is -0.0631. The van der Waals surface area contributed by atoms with E-state index in [0.29, 0.717) is 36.3 Å². The van der Waals surface area contributed by atoms with Gasteiger partial charge in [0.05, 0.1) is 12.8 Å². The van der Waals surface area contributed by atoms with Crippen molar-refractivity contribution in [2.45, 2.75) is 33.4 Å². The number of hydrogen-bond donors (Lipinski definition) is 1. The van der Waals surface area contributed by atoms with Gasteiger partial charge in [-0.05, 0) is 37.6 Å². The first-order valence-electron chi connectivity index (χ1n) is 9.32. The zero-order valence-corrected chi connectivity index (χ0v) is 15.9. The van der Waals surface area contributed by atoms with Crippen molar-refractivity contribution < 1.29 is 13.7 Å². The Morgan fingerprint density at radius 1 is 1.14 bits per heavy atom. The first-order chi connectivity index (χ1) is 13.6. The van der Waals surface area contributed by atoms with Crippen molar-refractivity contribution in [3.05, 3.63) is 70.3 Å². The average molecular weight is 380 g/mol. The lowest BCUT2D eigenvalue weighted by atomic mass is 10.3. The molecule has 144 valence electrons. The molecule has 0 bridgehead atoms. The van der Waals surface area contributed by atoms with Crippen LogP contribution in [-0.4, -0.2) is 26.1 Å². The van der Waals surface area contributed by atoms with Gasteiger partial charge in [0.2, 0.25) is 0 Å². The van der Waals surface area contributed by atoms with Crippen molar-refractivity contribution in [2.24, 2.45) is 0 Å². The van der Waals surface area contributed by atoms with Crippen molar-refractivity contribution in [3.63, 3.8) is 0 Å². The van der Waals surface area contributed by atoms with Crippen molar-refractivity contribution in [1.82, 2.24) is 19.6 Å². The summed E-state index contributed by atoms with van der Waals surface area (Å²) in [4.78, 5) is 18.4. The summed E-state index contributed by atoms with van der Waals surface area (Å²) < 4.78 is 12.6. The molecule has 28 heavy (non-hydrogen) atoms. The van der Waals surface area contributed by atoms with Gasteiger partial charge in [0, 0.05) is 11.8 Å². The number of nitrogens with one attached hydrogen (secondary N) is 1. The third-order valence-corrected chi connectivity index (χ3v) is 4.57. The van der Waals surface area contributed by atoms with Gasteiger partial charge in [-0.25, -0.2) is 4.98 Å². The third kappa shape index (κ3) is 3.72. The molecular formula is C20H22N5O3+. The highest BCUT2D eigenvalue weighted by Gasteiger charge is 2.18. The Hall–Kier alpha value is -3.26. The van der Waals surface area contributed by atoms with E-state index in [2.05, 4.69) is 22.1 Å². The van der Waals surface area contributed by atoms with E-state index < -0.39 is 0 Å². The van der Waals surface area contributed by atoms with Crippen molar-refractivity contribution in [1.29, 1.82) is 0 Å². The Labute approximate surface area is 161 Å². The molecule has 1 N–H and O–H groups in total. The fourth-order valence-electron chi connectivity index (χ4n) is 3.34. The minimum Gasteiger partial charge on any atom is -0.459 e. The highest BCUT2D eigenvalue weighted by Crippen LogP contribution is 2.17. The van der Waals surface area contributed by atoms with Gasteiger partial charge in [-0.3, -0.25) is 9.20 Å². The predicted octanol–water partition coefficient (Wildman–Crippen LogP) is 1.64. The molecule has 1 unspecified atom stereocenters. The zero-order valence-electron chi connectivity index (χ0n) is 15.9. The van der Waals surface area contributed by atoms with Crippen LogP contribution in [0.5, 0.6) is 0 Å². The van der Waals surface area contributed by atoms with Crippen LogP contribution >= 0.6 is 0 Å². The maximum atomic E-state index is 12.5. The van der Waals surface area contributed by atoms with E-state index in [1.165, 1.54) is 4.90 Å². The van der Waals surface area contributed by atoms with Crippen LogP contribution in [0.25, 0.3) is 17.3 Å². The molecule has 0 amide bonds. The maximum Gasteiger partial charge on any atom is 0.283 e. The SMILES string of the molecule is CCC[NH+](Cc1cc(=O)n2c(C)cccc2n1)Cc1nnc(-c2ccco2)o1. The first-order valence-corrected chi connectivity index (χ1v) is 9.32. The van der Waals surface area contributed by atoms with Gasteiger partial charge in [-0.15, -0.1) is 10.2 Å². The number of quaternary nitrogens is 1. The molecule has 4 heterocycles. The second-order valence-corrected chi connectivity index (χ2v) is 6.78. The number of fused-ring (bicyclic) bond motifs is 1. The molecule has 4 aromatic rings. The van der Waals surface area contributed by atoms with Crippen LogP contribution in [0, 0.1) is 6.92 Å². The number of furan rings is 1. The topological polar surface area (TPSA) is 90.9 Å². The molecule has 0 aromatic carbocycles. The fraction of sp³-hybridized carbons (Fsp3) is 0.300. The molecule has 4 rings (SSSR count). The van der Waals surface area contributed by atoms with Gasteiger partial charge in [0.25, 0.3) is 17.3 Å². The van der Waals surface area contributed by atoms with E-state index in [9.17, 15) is 4.79 Å². The molecule has 0 saturated heterocycles. The molecule has 8 nitrogen and oxygen atoms in total. The van der Waals surface area contributed by atoms with E-state index in [4.69, 9.17) is 8.83 Å². The normalized spacial score (nSPS) is 12.5. The van der Waals surface area contributed by atoms with E-state index in [0.717, 1.165) is 24.4 Å². The molecule has 0 aliphatic heterocycles. The van der Waals surface area contributed by atoms with Gasteiger partial charge >= 0.3 is 0 Å². The standard InChI is InChI=1S/C20H21N5O3/c1-3-9-24(13-18-22-23-20(28-18)16-7-5-10-27-16)12-15-11-19(26)25-14(2)6-4-8-17(25)21-15/h4-8,10-11H,3,9,12-13H2,1-2H3/p+1. The Morgan fingerprint density at radius 3 is 2.82 bits per heavy atom. The zero-order chi connectivity index (χ0) is 19.5. The van der Waals surface area contributed by atoms with Gasteiger partial charge in [0.15, 0.2) is 12.3 Å². The van der Waals surface area contributed by atoms with Gasteiger partial charge in [0.1, 0.15) is 17.9 Å². The predicted molar refractivity (Wildman–Crippen MR) is 102 cm³/mol. The number of aryl methyl sites for hydroxylation is 1. The minimum absolute atomic E-state index is 0.0631. The largest absolute Gasteiger partial charge is 0.459 e. The number of nitrogens with zero attached hydrogens (tertiary/aromatic N) is 4. The lowest BCUT2D eigenvalue weighted by Crippen LogP contribution is -3.09. The second-order valence-electron chi connectivity index (χ2n) is 6.78. The lowest BCUT2D eigenvalue weighted by Gasteiger charge is -2.17. The molecule has 4 aromatic heterocycles. The molecule has 0 fully saturated rings. The number of pyridine rings is 1. The van der Waals surface area contributed by atoms with E-state index in [1.54, 1.807) is 28.9 Å². The first kappa shape index (κ1) is 18.1. The quantitative estimate of drug-likeness (QED) is 0.524. The molecule has 0 aliphatic rings. The summed E-state index contributed by atoms with van der Waals surface area (Å²) in [6, 6.07) is 10.8. The molecule has 0 radical (unpaired) electrons. The van der Waals surface area contributed by atoms with E-state index >= 15 is 0 Å². The van der Waals surface area contributed by atoms with Crippen LogP contribution in [0.1, 0.15) is 30.6 Å². The Balaban J connectivity index is 1.56. The van der Waals surface area contributed by atoms with Gasteiger partial charge < -0.3 is 13.7 Å². The van der Waals surface area contributed by atoms with Crippen molar-refractivity contribution in [2.75, 3.05) is 6.54 Å². The summed E-state index contributed by atoms with van der Waals surface area (Å²) in [5.74, 6) is 1.45. The number of rotatable bonds is 7. The van der Waals surface area contributed by atoms with Crippen molar-refractivity contribution in [3.8, 4) is 11.7 Å². The highest BCUT2D eigenvalue weighted by atomic mass is 16.4. The fourth-order valence-corrected chi connectivity index (χ4v) is 3.34. The monoisotopic (exact) mass is 380 g/mol. The van der Waals surface area contributed by atoms with Crippen LogP contribution in [0.2, 0.25) is 0 Å². The molecule has 0 aliphatic carbocycles. The number of aromatic nitrogens is 4. The summed E-state index contributed by atoms with van der Waals surface area (Å²) in [6.07, 6.45) is 2.56. The molecule has 0 spiro atoms. The van der Waals surface area contributed by atoms with Gasteiger partial charge in [-0.2, -0.15) is 0 Å². The van der Waals surface area contributed by atoms with Crippen LogP contribution in [0.4, 0.5) is 0 Å². The molecular weight excluding hydrogens is 358 g/mol. The summed E-state index contributed by atoms with van der Waals surface area (Å²) in [6.45, 7) is 6.07.